The van der Waals surface area contributed by atoms with Crippen LogP contribution in [-0.2, 0) is 24.0 Å². The number of nitro benzene ring substituents is 1. The van der Waals surface area contributed by atoms with Gasteiger partial charge in [-0.25, -0.2) is 4.79 Å². The first-order valence-electron chi connectivity index (χ1n) is 14.0. The van der Waals surface area contributed by atoms with Crippen LogP contribution in [0.25, 0.3) is 0 Å². The molecule has 249 valence electrons. The molecule has 1 aromatic carbocycles. The maximum absolute atomic E-state index is 13.4. The van der Waals surface area contributed by atoms with Gasteiger partial charge in [-0.05, 0) is 26.0 Å². The first kappa shape index (κ1) is 40.2. The van der Waals surface area contributed by atoms with Crippen molar-refractivity contribution in [2.45, 2.75) is 19.9 Å². The number of nitro groups is 1. The van der Waals surface area contributed by atoms with Crippen LogP contribution < -0.4 is 20.1 Å². The van der Waals surface area contributed by atoms with Crippen molar-refractivity contribution >= 4 is 35.5 Å². The Bertz CT molecular complexity index is 1140. The summed E-state index contributed by atoms with van der Waals surface area (Å²) in [6.07, 6.45) is 0. The van der Waals surface area contributed by atoms with Gasteiger partial charge in [-0.1, -0.05) is 0 Å². The Kier molecular flexibility index (Phi) is 18.1. The molecule has 1 heterocycles. The summed E-state index contributed by atoms with van der Waals surface area (Å²) in [5.41, 5.74) is -0.180. The maximum Gasteiger partial charge on any atom is 3.00 e. The van der Waals surface area contributed by atoms with Gasteiger partial charge >= 0.3 is 45.9 Å². The molecule has 0 N–H and O–H groups in total. The Balaban J connectivity index is 0.0000101. The van der Waals surface area contributed by atoms with Crippen LogP contribution in [0.1, 0.15) is 13.8 Å². The summed E-state index contributed by atoms with van der Waals surface area (Å²) in [5, 5.41) is 44.8. The van der Waals surface area contributed by atoms with Crippen LogP contribution in [-0.4, -0.2) is 150 Å². The number of carbonyl (C=O) groups is 5. The van der Waals surface area contributed by atoms with Crippen molar-refractivity contribution in [3.05, 3.63) is 34.4 Å². The number of carboxylic acids is 3. The van der Waals surface area contributed by atoms with Gasteiger partial charge in [-0.2, -0.15) is 0 Å². The Morgan fingerprint density at radius 1 is 0.733 bits per heavy atom. The minimum absolute atomic E-state index is 0. The van der Waals surface area contributed by atoms with E-state index in [1.807, 2.05) is 0 Å². The molecule has 0 atom stereocenters. The number of hydrogen-bond donors (Lipinski definition) is 0. The number of carbonyl (C=O) groups excluding carboxylic acids is 5. The number of benzene rings is 1. The first-order valence-corrected chi connectivity index (χ1v) is 14.0. The molecule has 1 radical (unpaired) electrons. The van der Waals surface area contributed by atoms with Crippen LogP contribution in [0.2, 0.25) is 0 Å². The number of esters is 1. The minimum Gasteiger partial charge on any atom is -0.549 e. The van der Waals surface area contributed by atoms with Crippen LogP contribution in [0, 0.1) is 50.1 Å². The largest absolute Gasteiger partial charge is 3.00 e. The number of aliphatic carboxylic acids is 3. The standard InChI is InChI=1S/C27H40N6O11.Gd/c1-20(2)32(19-27(41)44-22-5-3-21(4-6-22)33(42)43)23(34)15-28-7-9-29(16-24(35)36)11-13-31(18-26(39)40)14-12-30(10-8-28)17-25(37)38;/h3-6,20H,7-19H2,1-2H3,(H,35,36)(H,37,38)(H,39,40);/q;+3/p-3. The van der Waals surface area contributed by atoms with Crippen molar-refractivity contribution in [1.29, 1.82) is 0 Å². The molecular weight excluding hydrogens is 742 g/mol. The van der Waals surface area contributed by atoms with E-state index < -0.39 is 66.9 Å². The molecule has 0 aliphatic carbocycles. The third-order valence-corrected chi connectivity index (χ3v) is 6.87. The molecule has 1 aromatic rings. The van der Waals surface area contributed by atoms with E-state index in [1.165, 1.54) is 34.1 Å². The molecular formula is C27H37GdN6O11. The van der Waals surface area contributed by atoms with Gasteiger partial charge in [0.05, 0.1) is 29.4 Å². The summed E-state index contributed by atoms with van der Waals surface area (Å²) in [6.45, 7) is 2.92. The van der Waals surface area contributed by atoms with E-state index >= 15 is 0 Å². The maximum atomic E-state index is 13.4. The summed E-state index contributed by atoms with van der Waals surface area (Å²) in [4.78, 5) is 77.9. The number of non-ortho nitro benzene ring substituents is 1. The molecule has 17 nitrogen and oxygen atoms in total. The normalized spacial score (nSPS) is 16.1. The van der Waals surface area contributed by atoms with Crippen LogP contribution in [0.5, 0.6) is 5.75 Å². The molecule has 1 amide bonds. The summed E-state index contributed by atoms with van der Waals surface area (Å²) >= 11 is 0. The quantitative estimate of drug-likeness (QED) is 0.0794. The molecule has 1 fully saturated rings. The predicted octanol–water partition coefficient (Wildman–Crippen LogP) is -4.79. The van der Waals surface area contributed by atoms with Gasteiger partial charge in [-0.15, -0.1) is 0 Å². The van der Waals surface area contributed by atoms with Crippen molar-refractivity contribution in [2.24, 2.45) is 0 Å². The number of amides is 1. The Hall–Kier alpha value is -2.87. The van der Waals surface area contributed by atoms with Crippen LogP contribution in [0.15, 0.2) is 24.3 Å². The molecule has 18 heteroatoms. The van der Waals surface area contributed by atoms with Crippen molar-refractivity contribution in [3.63, 3.8) is 0 Å². The minimum atomic E-state index is -1.33. The van der Waals surface area contributed by atoms with Crippen LogP contribution in [0.3, 0.4) is 0 Å². The van der Waals surface area contributed by atoms with E-state index in [2.05, 4.69) is 0 Å². The molecule has 0 saturated carbocycles. The Morgan fingerprint density at radius 3 is 1.40 bits per heavy atom. The fraction of sp³-hybridized carbons (Fsp3) is 0.593. The molecule has 2 rings (SSSR count). The van der Waals surface area contributed by atoms with Gasteiger partial charge in [0.15, 0.2) is 0 Å². The molecule has 1 saturated heterocycles. The van der Waals surface area contributed by atoms with Gasteiger partial charge < -0.3 is 39.3 Å². The van der Waals surface area contributed by atoms with Gasteiger partial charge in [0, 0.05) is 90.2 Å². The molecule has 45 heavy (non-hydrogen) atoms. The van der Waals surface area contributed by atoms with Gasteiger partial charge in [-0.3, -0.25) is 34.5 Å². The monoisotopic (exact) mass is 779 g/mol. The molecule has 0 bridgehead atoms. The van der Waals surface area contributed by atoms with E-state index in [9.17, 15) is 49.4 Å². The number of nitrogens with zero attached hydrogens (tertiary/aromatic N) is 6. The van der Waals surface area contributed by atoms with Crippen LogP contribution >= 0.6 is 0 Å². The van der Waals surface area contributed by atoms with E-state index in [0.717, 1.165) is 0 Å². The zero-order valence-corrected chi connectivity index (χ0v) is 27.4. The molecule has 1 aliphatic heterocycles. The second kappa shape index (κ2) is 20.3. The second-order valence-electron chi connectivity index (χ2n) is 10.6. The molecule has 0 aromatic heterocycles. The average Bonchev–Trinajstić information content (AvgIpc) is 2.92. The van der Waals surface area contributed by atoms with Gasteiger partial charge in [0.2, 0.25) is 5.91 Å². The summed E-state index contributed by atoms with van der Waals surface area (Å²) < 4.78 is 5.25. The first-order chi connectivity index (χ1) is 20.7. The van der Waals surface area contributed by atoms with Gasteiger partial charge in [0.25, 0.3) is 5.69 Å². The number of rotatable bonds is 13. The zero-order chi connectivity index (χ0) is 32.8. The van der Waals surface area contributed by atoms with Crippen molar-refractivity contribution < 1.29 is 88.9 Å². The van der Waals surface area contributed by atoms with Crippen molar-refractivity contribution in [1.82, 2.24) is 24.5 Å². The summed E-state index contributed by atoms with van der Waals surface area (Å²) in [6, 6.07) is 4.47. The van der Waals surface area contributed by atoms with E-state index in [-0.39, 0.29) is 110 Å². The average molecular weight is 779 g/mol. The number of carboxylic acid groups (broad SMARTS) is 3. The third-order valence-electron chi connectivity index (χ3n) is 6.87. The molecule has 1 aliphatic rings. The Morgan fingerprint density at radius 2 is 1.09 bits per heavy atom. The summed E-state index contributed by atoms with van der Waals surface area (Å²) in [7, 11) is 0. The SMILES string of the molecule is CC(C)N(CC(=O)Oc1ccc([N+](=O)[O-])cc1)C(=O)CN1CCN(CC(=O)[O-])CCN(CC(=O)[O-])CCN(CC(=O)[O-])CC1.[Gd+3]. The van der Waals surface area contributed by atoms with E-state index in [4.69, 9.17) is 4.74 Å². The topological polar surface area (TPSA) is 223 Å². The second-order valence-corrected chi connectivity index (χ2v) is 10.6. The number of ether oxygens (including phenoxy) is 1. The van der Waals surface area contributed by atoms with Crippen molar-refractivity contribution in [2.75, 3.05) is 85.1 Å². The zero-order valence-electron chi connectivity index (χ0n) is 25.1. The predicted molar refractivity (Wildman–Crippen MR) is 146 cm³/mol. The van der Waals surface area contributed by atoms with E-state index in [1.54, 1.807) is 28.5 Å². The Labute approximate surface area is 292 Å². The number of hydrogen-bond acceptors (Lipinski definition) is 15. The van der Waals surface area contributed by atoms with Crippen molar-refractivity contribution in [3.8, 4) is 5.75 Å². The molecule has 0 spiro atoms. The van der Waals surface area contributed by atoms with E-state index in [0.29, 0.717) is 0 Å². The molecule has 0 unspecified atom stereocenters. The van der Waals surface area contributed by atoms with Gasteiger partial charge in [0.1, 0.15) is 12.3 Å². The third kappa shape index (κ3) is 15.8. The fourth-order valence-electron chi connectivity index (χ4n) is 4.54. The van der Waals surface area contributed by atoms with Crippen LogP contribution in [0.4, 0.5) is 5.69 Å². The summed E-state index contributed by atoms with van der Waals surface area (Å²) in [5.74, 6) is -5.13. The fourth-order valence-corrected chi connectivity index (χ4v) is 4.54. The smallest absolute Gasteiger partial charge is 0.549 e.